The minimum Gasteiger partial charge on any atom is -0.300 e. The van der Waals surface area contributed by atoms with E-state index < -0.39 is 0 Å². The summed E-state index contributed by atoms with van der Waals surface area (Å²) in [7, 11) is 0. The molecule has 2 aliphatic rings. The fourth-order valence-corrected chi connectivity index (χ4v) is 2.00. The zero-order valence-corrected chi connectivity index (χ0v) is 8.96. The molecule has 0 aromatic carbocycles. The normalized spacial score (nSPS) is 29.2. The average molecular weight is 266 g/mol. The molecule has 1 aliphatic heterocycles. The smallest absolute Gasteiger partial charge is 0.0209 e. The summed E-state index contributed by atoms with van der Waals surface area (Å²) in [6.07, 6.45) is 2.98. The van der Waals surface area contributed by atoms with E-state index in [1.165, 1.54) is 45.6 Å². The maximum Gasteiger partial charge on any atom is 0.0209 e. The first-order valence-corrected chi connectivity index (χ1v) is 5.44. The van der Waals surface area contributed by atoms with Gasteiger partial charge in [0.15, 0.2) is 0 Å². The molecule has 0 aromatic heterocycles. The van der Waals surface area contributed by atoms with Crippen LogP contribution in [0.4, 0.5) is 0 Å². The average Bonchev–Trinajstić information content (AvgIpc) is 2.78. The molecule has 0 aromatic rings. The fourth-order valence-electron chi connectivity index (χ4n) is 1.57. The van der Waals surface area contributed by atoms with Crippen LogP contribution in [0.15, 0.2) is 0 Å². The summed E-state index contributed by atoms with van der Waals surface area (Å²) in [5.74, 6) is 1.07. The second-order valence-electron chi connectivity index (χ2n) is 3.65. The van der Waals surface area contributed by atoms with Gasteiger partial charge in [0, 0.05) is 55.6 Å². The Labute approximate surface area is 82.4 Å². The lowest BCUT2D eigenvalue weighted by Gasteiger charge is -2.30. The highest BCUT2D eigenvalue weighted by Crippen LogP contribution is 2.29. The van der Waals surface area contributed by atoms with Gasteiger partial charge in [0.1, 0.15) is 0 Å². The molecule has 64 valence electrons. The number of hydrogen-bond donors (Lipinski definition) is 0. The summed E-state index contributed by atoms with van der Waals surface area (Å²) in [6.45, 7) is 6.48. The molecule has 1 saturated carbocycles. The molecule has 0 unspecified atom stereocenters. The summed E-state index contributed by atoms with van der Waals surface area (Å²) in [5, 5.41) is 0. The monoisotopic (exact) mass is 266 g/mol. The van der Waals surface area contributed by atoms with Gasteiger partial charge in [0.2, 0.25) is 0 Å². The van der Waals surface area contributed by atoms with Gasteiger partial charge in [-0.25, -0.2) is 3.11 Å². The fraction of sp³-hybridized carbons (Fsp3) is 1.00. The highest BCUT2D eigenvalue weighted by molar-refractivity contribution is 14.1. The summed E-state index contributed by atoms with van der Waals surface area (Å²) >= 11 is 2.42. The molecule has 11 heavy (non-hydrogen) atoms. The molecule has 1 heterocycles. The van der Waals surface area contributed by atoms with Crippen LogP contribution >= 0.6 is 22.9 Å². The topological polar surface area (TPSA) is 6.48 Å². The van der Waals surface area contributed by atoms with E-state index in [1.807, 2.05) is 0 Å². The van der Waals surface area contributed by atoms with Crippen molar-refractivity contribution >= 4 is 22.9 Å². The standard InChI is InChI=1S/C8H15IN2/c9-11-5-3-10(4-6-11)7-8-1-2-8/h8H,1-7H2. The van der Waals surface area contributed by atoms with Crippen LogP contribution in [-0.2, 0) is 0 Å². The van der Waals surface area contributed by atoms with Gasteiger partial charge in [-0.2, -0.15) is 0 Å². The third-order valence-corrected chi connectivity index (χ3v) is 3.50. The predicted octanol–water partition coefficient (Wildman–Crippen LogP) is 1.36. The number of rotatable bonds is 2. The largest absolute Gasteiger partial charge is 0.300 e. The van der Waals surface area contributed by atoms with E-state index in [9.17, 15) is 0 Å². The second kappa shape index (κ2) is 3.58. The molecule has 0 N–H and O–H groups in total. The first kappa shape index (κ1) is 8.26. The molecule has 2 rings (SSSR count). The van der Waals surface area contributed by atoms with Crippen molar-refractivity contribution in [3.63, 3.8) is 0 Å². The van der Waals surface area contributed by atoms with E-state index in [1.54, 1.807) is 0 Å². The molecule has 2 nitrogen and oxygen atoms in total. The van der Waals surface area contributed by atoms with Gasteiger partial charge in [-0.3, -0.25) is 0 Å². The van der Waals surface area contributed by atoms with Gasteiger partial charge in [-0.05, 0) is 18.8 Å². The SMILES string of the molecule is IN1CCN(CC2CC2)CC1. The first-order valence-electron chi connectivity index (χ1n) is 4.47. The Kier molecular flexibility index (Phi) is 2.69. The van der Waals surface area contributed by atoms with Gasteiger partial charge in [-0.15, -0.1) is 0 Å². The summed E-state index contributed by atoms with van der Waals surface area (Å²) in [4.78, 5) is 2.62. The highest BCUT2D eigenvalue weighted by atomic mass is 127. The van der Waals surface area contributed by atoms with E-state index in [-0.39, 0.29) is 0 Å². The van der Waals surface area contributed by atoms with Crippen LogP contribution in [0.25, 0.3) is 0 Å². The van der Waals surface area contributed by atoms with Crippen molar-refractivity contribution in [2.45, 2.75) is 12.8 Å². The lowest BCUT2D eigenvalue weighted by molar-refractivity contribution is 0.199. The number of nitrogens with zero attached hydrogens (tertiary/aromatic N) is 2. The van der Waals surface area contributed by atoms with E-state index in [2.05, 4.69) is 30.9 Å². The summed E-state index contributed by atoms with van der Waals surface area (Å²) in [6, 6.07) is 0. The van der Waals surface area contributed by atoms with Gasteiger partial charge in [-0.1, -0.05) is 0 Å². The molecule has 1 saturated heterocycles. The number of piperazine rings is 1. The predicted molar refractivity (Wildman–Crippen MR) is 54.8 cm³/mol. The van der Waals surface area contributed by atoms with Crippen molar-refractivity contribution in [1.82, 2.24) is 8.01 Å². The minimum absolute atomic E-state index is 1.07. The molecule has 0 atom stereocenters. The van der Waals surface area contributed by atoms with Crippen molar-refractivity contribution in [2.75, 3.05) is 32.7 Å². The van der Waals surface area contributed by atoms with Crippen molar-refractivity contribution in [2.24, 2.45) is 5.92 Å². The van der Waals surface area contributed by atoms with E-state index in [0.29, 0.717) is 0 Å². The Hall–Kier alpha value is 0.650. The highest BCUT2D eigenvalue weighted by Gasteiger charge is 2.25. The molecule has 3 heteroatoms. The van der Waals surface area contributed by atoms with Crippen LogP contribution < -0.4 is 0 Å². The van der Waals surface area contributed by atoms with E-state index in [0.717, 1.165) is 5.92 Å². The lowest BCUT2D eigenvalue weighted by atomic mass is 10.3. The maximum atomic E-state index is 2.62. The first-order chi connectivity index (χ1) is 5.34. The van der Waals surface area contributed by atoms with Crippen molar-refractivity contribution in [3.05, 3.63) is 0 Å². The Morgan fingerprint density at radius 3 is 2.27 bits per heavy atom. The van der Waals surface area contributed by atoms with Gasteiger partial charge < -0.3 is 4.90 Å². The molecule has 0 bridgehead atoms. The lowest BCUT2D eigenvalue weighted by Crippen LogP contribution is -2.42. The maximum absolute atomic E-state index is 2.62. The van der Waals surface area contributed by atoms with Crippen molar-refractivity contribution in [3.8, 4) is 0 Å². The summed E-state index contributed by atoms with van der Waals surface area (Å²) in [5.41, 5.74) is 0. The van der Waals surface area contributed by atoms with Crippen LogP contribution in [0.3, 0.4) is 0 Å². The van der Waals surface area contributed by atoms with Crippen LogP contribution in [0.2, 0.25) is 0 Å². The molecule has 0 radical (unpaired) electrons. The molecule has 0 amide bonds. The minimum atomic E-state index is 1.07. The second-order valence-corrected chi connectivity index (χ2v) is 5.02. The van der Waals surface area contributed by atoms with Crippen LogP contribution in [-0.4, -0.2) is 40.7 Å². The van der Waals surface area contributed by atoms with Crippen LogP contribution in [0.1, 0.15) is 12.8 Å². The van der Waals surface area contributed by atoms with E-state index >= 15 is 0 Å². The zero-order chi connectivity index (χ0) is 7.68. The van der Waals surface area contributed by atoms with Crippen LogP contribution in [0.5, 0.6) is 0 Å². The van der Waals surface area contributed by atoms with Gasteiger partial charge in [0.25, 0.3) is 0 Å². The third-order valence-electron chi connectivity index (χ3n) is 2.53. The number of hydrogen-bond acceptors (Lipinski definition) is 2. The van der Waals surface area contributed by atoms with Crippen molar-refractivity contribution in [1.29, 1.82) is 0 Å². The molecule has 1 aliphatic carbocycles. The van der Waals surface area contributed by atoms with Crippen LogP contribution in [0, 0.1) is 5.92 Å². The van der Waals surface area contributed by atoms with Gasteiger partial charge >= 0.3 is 0 Å². The van der Waals surface area contributed by atoms with Crippen molar-refractivity contribution < 1.29 is 0 Å². The Morgan fingerprint density at radius 1 is 1.09 bits per heavy atom. The Balaban J connectivity index is 1.69. The zero-order valence-electron chi connectivity index (χ0n) is 6.80. The Bertz CT molecular complexity index is 128. The molecule has 2 fully saturated rings. The number of halogens is 1. The van der Waals surface area contributed by atoms with Gasteiger partial charge in [0.05, 0.1) is 0 Å². The summed E-state index contributed by atoms with van der Waals surface area (Å²) < 4.78 is 2.39. The van der Waals surface area contributed by atoms with E-state index in [4.69, 9.17) is 0 Å². The molecular formula is C8H15IN2. The quantitative estimate of drug-likeness (QED) is 0.550. The molecular weight excluding hydrogens is 251 g/mol. The third kappa shape index (κ3) is 2.56. The Morgan fingerprint density at radius 2 is 1.73 bits per heavy atom. The molecule has 0 spiro atoms.